The highest BCUT2D eigenvalue weighted by atomic mass is 16.6. The summed E-state index contributed by atoms with van der Waals surface area (Å²) < 4.78 is 5.25. The first-order valence-electron chi connectivity index (χ1n) is 7.14. The molecule has 0 aromatic heterocycles. The molecule has 1 amide bonds. The number of alkyl carbamates (subject to hydrolysis) is 1. The number of carbonyl (C=O) groups is 1. The molecule has 112 valence electrons. The van der Waals surface area contributed by atoms with Crippen LogP contribution in [0.3, 0.4) is 0 Å². The van der Waals surface area contributed by atoms with Crippen LogP contribution >= 0.6 is 0 Å². The van der Waals surface area contributed by atoms with Crippen molar-refractivity contribution in [1.29, 1.82) is 0 Å². The van der Waals surface area contributed by atoms with E-state index < -0.39 is 5.60 Å². The third kappa shape index (κ3) is 6.78. The lowest BCUT2D eigenvalue weighted by Gasteiger charge is -2.22. The van der Waals surface area contributed by atoms with Crippen molar-refractivity contribution in [3.8, 4) is 0 Å². The maximum absolute atomic E-state index is 11.6. The summed E-state index contributed by atoms with van der Waals surface area (Å²) in [5, 5.41) is 15.3. The highest BCUT2D eigenvalue weighted by Gasteiger charge is 2.27. The Morgan fingerprint density at radius 1 is 1.37 bits per heavy atom. The summed E-state index contributed by atoms with van der Waals surface area (Å²) in [4.78, 5) is 11.6. The molecule has 1 rings (SSSR count). The topological polar surface area (TPSA) is 70.6 Å². The fourth-order valence-corrected chi connectivity index (χ4v) is 2.20. The molecule has 1 saturated carbocycles. The monoisotopic (exact) mass is 272 g/mol. The van der Waals surface area contributed by atoms with Crippen molar-refractivity contribution in [2.24, 2.45) is 5.92 Å². The Labute approximate surface area is 116 Å². The second-order valence-corrected chi connectivity index (χ2v) is 6.55. The van der Waals surface area contributed by atoms with E-state index in [1.54, 1.807) is 0 Å². The lowest BCUT2D eigenvalue weighted by atomic mass is 10.1. The molecule has 3 atom stereocenters. The quantitative estimate of drug-likeness (QED) is 0.711. The second kappa shape index (κ2) is 7.10. The van der Waals surface area contributed by atoms with E-state index in [9.17, 15) is 4.79 Å². The van der Waals surface area contributed by atoms with Crippen LogP contribution in [-0.4, -0.2) is 42.0 Å². The molecule has 3 N–H and O–H groups in total. The van der Waals surface area contributed by atoms with Crippen LogP contribution in [-0.2, 0) is 4.74 Å². The van der Waals surface area contributed by atoms with Gasteiger partial charge in [0.25, 0.3) is 0 Å². The van der Waals surface area contributed by atoms with E-state index >= 15 is 0 Å². The molecule has 0 aliphatic heterocycles. The summed E-state index contributed by atoms with van der Waals surface area (Å²) in [6.45, 7) is 8.63. The summed E-state index contributed by atoms with van der Waals surface area (Å²) in [6, 6.07) is 0.616. The minimum absolute atomic E-state index is 0.191. The van der Waals surface area contributed by atoms with Gasteiger partial charge in [-0.3, -0.25) is 0 Å². The number of ether oxygens (including phenoxy) is 1. The van der Waals surface area contributed by atoms with Crippen LogP contribution < -0.4 is 10.6 Å². The minimum Gasteiger partial charge on any atom is -0.444 e. The van der Waals surface area contributed by atoms with Gasteiger partial charge >= 0.3 is 6.09 Å². The number of aliphatic hydroxyl groups excluding tert-OH is 1. The Bertz CT molecular complexity index is 289. The molecule has 0 radical (unpaired) electrons. The molecule has 0 heterocycles. The minimum atomic E-state index is -0.448. The molecule has 1 fully saturated rings. The zero-order valence-electron chi connectivity index (χ0n) is 12.5. The number of nitrogens with one attached hydrogen (secondary N) is 2. The van der Waals surface area contributed by atoms with Crippen LogP contribution in [0.25, 0.3) is 0 Å². The molecule has 0 saturated heterocycles. The molecular weight excluding hydrogens is 244 g/mol. The maximum Gasteiger partial charge on any atom is 0.407 e. The van der Waals surface area contributed by atoms with E-state index in [1.807, 2.05) is 27.7 Å². The standard InChI is InChI=1S/C14H28N2O3/c1-10(9-17)8-15-11-5-6-12(7-11)16-13(18)19-14(2,3)4/h10-12,15,17H,5-9H2,1-4H3,(H,16,18). The van der Waals surface area contributed by atoms with Crippen molar-refractivity contribution >= 4 is 6.09 Å². The van der Waals surface area contributed by atoms with Gasteiger partial charge in [0.2, 0.25) is 0 Å². The van der Waals surface area contributed by atoms with E-state index in [0.29, 0.717) is 6.04 Å². The van der Waals surface area contributed by atoms with Crippen LogP contribution in [0.1, 0.15) is 47.0 Å². The molecule has 5 heteroatoms. The predicted molar refractivity (Wildman–Crippen MR) is 75.0 cm³/mol. The normalized spacial score (nSPS) is 25.1. The molecule has 0 aromatic carbocycles. The van der Waals surface area contributed by atoms with Gasteiger partial charge in [-0.2, -0.15) is 0 Å². The molecule has 3 unspecified atom stereocenters. The van der Waals surface area contributed by atoms with Gasteiger partial charge in [0, 0.05) is 25.2 Å². The van der Waals surface area contributed by atoms with Crippen LogP contribution in [0.2, 0.25) is 0 Å². The first-order valence-corrected chi connectivity index (χ1v) is 7.14. The fraction of sp³-hybridized carbons (Fsp3) is 0.929. The molecule has 0 bridgehead atoms. The first kappa shape index (κ1) is 16.2. The van der Waals surface area contributed by atoms with Crippen molar-refractivity contribution in [3.05, 3.63) is 0 Å². The molecule has 1 aliphatic carbocycles. The van der Waals surface area contributed by atoms with Crippen LogP contribution in [0.15, 0.2) is 0 Å². The summed E-state index contributed by atoms with van der Waals surface area (Å²) in [5.74, 6) is 0.276. The largest absolute Gasteiger partial charge is 0.444 e. The van der Waals surface area contributed by atoms with Gasteiger partial charge in [0.1, 0.15) is 5.60 Å². The van der Waals surface area contributed by atoms with Crippen LogP contribution in [0.4, 0.5) is 4.79 Å². The summed E-state index contributed by atoms with van der Waals surface area (Å²) in [7, 11) is 0. The van der Waals surface area contributed by atoms with E-state index in [1.165, 1.54) is 0 Å². The van der Waals surface area contributed by atoms with Crippen molar-refractivity contribution in [1.82, 2.24) is 10.6 Å². The predicted octanol–water partition coefficient (Wildman–Crippen LogP) is 1.65. The Hall–Kier alpha value is -0.810. The Kier molecular flexibility index (Phi) is 6.07. The highest BCUT2D eigenvalue weighted by Crippen LogP contribution is 2.20. The van der Waals surface area contributed by atoms with Crippen LogP contribution in [0.5, 0.6) is 0 Å². The number of aliphatic hydroxyl groups is 1. The number of amides is 1. The zero-order chi connectivity index (χ0) is 14.5. The molecular formula is C14H28N2O3. The molecule has 5 nitrogen and oxygen atoms in total. The smallest absolute Gasteiger partial charge is 0.407 e. The van der Waals surface area contributed by atoms with E-state index in [2.05, 4.69) is 10.6 Å². The maximum atomic E-state index is 11.6. The molecule has 0 aromatic rings. The van der Waals surface area contributed by atoms with Gasteiger partial charge < -0.3 is 20.5 Å². The zero-order valence-corrected chi connectivity index (χ0v) is 12.5. The lowest BCUT2D eigenvalue weighted by molar-refractivity contribution is 0.0505. The number of hydrogen-bond acceptors (Lipinski definition) is 4. The number of hydrogen-bond donors (Lipinski definition) is 3. The van der Waals surface area contributed by atoms with Gasteiger partial charge in [-0.25, -0.2) is 4.79 Å². The Balaban J connectivity index is 2.23. The van der Waals surface area contributed by atoms with E-state index in [4.69, 9.17) is 9.84 Å². The van der Waals surface area contributed by atoms with Crippen molar-refractivity contribution in [2.75, 3.05) is 13.2 Å². The molecule has 19 heavy (non-hydrogen) atoms. The van der Waals surface area contributed by atoms with Crippen molar-refractivity contribution < 1.29 is 14.6 Å². The summed E-state index contributed by atoms with van der Waals surface area (Å²) in [5.41, 5.74) is -0.448. The van der Waals surface area contributed by atoms with Gasteiger partial charge in [-0.15, -0.1) is 0 Å². The number of carbonyl (C=O) groups excluding carboxylic acids is 1. The first-order chi connectivity index (χ1) is 8.80. The summed E-state index contributed by atoms with van der Waals surface area (Å²) in [6.07, 6.45) is 2.63. The van der Waals surface area contributed by atoms with Gasteiger partial charge in [-0.1, -0.05) is 6.92 Å². The Morgan fingerprint density at radius 3 is 2.58 bits per heavy atom. The lowest BCUT2D eigenvalue weighted by Crippen LogP contribution is -2.39. The molecule has 1 aliphatic rings. The fourth-order valence-electron chi connectivity index (χ4n) is 2.20. The Morgan fingerprint density at radius 2 is 2.00 bits per heavy atom. The second-order valence-electron chi connectivity index (χ2n) is 6.55. The third-order valence-electron chi connectivity index (χ3n) is 3.22. The van der Waals surface area contributed by atoms with Gasteiger partial charge in [-0.05, 0) is 46.0 Å². The van der Waals surface area contributed by atoms with E-state index in [0.717, 1.165) is 25.8 Å². The molecule has 0 spiro atoms. The number of rotatable bonds is 5. The van der Waals surface area contributed by atoms with Crippen molar-refractivity contribution in [3.63, 3.8) is 0 Å². The van der Waals surface area contributed by atoms with Crippen LogP contribution in [0, 0.1) is 5.92 Å². The van der Waals surface area contributed by atoms with Gasteiger partial charge in [0.05, 0.1) is 0 Å². The van der Waals surface area contributed by atoms with E-state index in [-0.39, 0.29) is 24.7 Å². The van der Waals surface area contributed by atoms with Gasteiger partial charge in [0.15, 0.2) is 0 Å². The average molecular weight is 272 g/mol. The summed E-state index contributed by atoms with van der Waals surface area (Å²) >= 11 is 0. The average Bonchev–Trinajstić information content (AvgIpc) is 2.70. The third-order valence-corrected chi connectivity index (χ3v) is 3.22. The highest BCUT2D eigenvalue weighted by molar-refractivity contribution is 5.68. The SMILES string of the molecule is CC(CO)CNC1CCC(NC(=O)OC(C)(C)C)C1. The van der Waals surface area contributed by atoms with Crippen molar-refractivity contribution in [2.45, 2.75) is 64.6 Å².